The molecule has 1 saturated carbocycles. The number of para-hydroxylation sites is 2. The molecule has 0 aromatic heterocycles. The SMILES string of the molecule is Cc1ccccc1NC(=O)C1C(=O)CC(C)(O)C(C(=O)Nc2ccccc2C)C1c1ccc(Cl)cc1. The number of halogens is 1. The summed E-state index contributed by atoms with van der Waals surface area (Å²) in [4.78, 5) is 40.7. The molecule has 0 radical (unpaired) electrons. The summed E-state index contributed by atoms with van der Waals surface area (Å²) in [6, 6.07) is 21.3. The van der Waals surface area contributed by atoms with E-state index >= 15 is 0 Å². The second-order valence-corrected chi connectivity index (χ2v) is 10.1. The van der Waals surface area contributed by atoms with Crippen molar-refractivity contribution in [3.63, 3.8) is 0 Å². The monoisotopic (exact) mass is 504 g/mol. The molecule has 4 rings (SSSR count). The standard InChI is InChI=1S/C29H29ClN2O4/c1-17-8-4-6-10-21(17)31-27(34)25-23(33)16-29(3,36)26(24(25)19-12-14-20(30)15-13-19)28(35)32-22-11-7-5-9-18(22)2/h4-15,24-26,36H,16H2,1-3H3,(H,31,34)(H,32,35). The number of hydrogen-bond acceptors (Lipinski definition) is 4. The van der Waals surface area contributed by atoms with E-state index in [1.54, 1.807) is 48.5 Å². The predicted octanol–water partition coefficient (Wildman–Crippen LogP) is 5.27. The maximum Gasteiger partial charge on any atom is 0.235 e. The fourth-order valence-corrected chi connectivity index (χ4v) is 5.15. The van der Waals surface area contributed by atoms with Gasteiger partial charge in [-0.3, -0.25) is 14.4 Å². The van der Waals surface area contributed by atoms with Crippen LogP contribution in [0.25, 0.3) is 0 Å². The third-order valence-corrected chi connectivity index (χ3v) is 7.14. The van der Waals surface area contributed by atoms with Crippen LogP contribution in [-0.4, -0.2) is 28.3 Å². The third kappa shape index (κ3) is 5.20. The van der Waals surface area contributed by atoms with Crippen molar-refractivity contribution in [2.45, 2.75) is 38.7 Å². The first-order valence-corrected chi connectivity index (χ1v) is 12.2. The van der Waals surface area contributed by atoms with E-state index in [0.717, 1.165) is 11.1 Å². The highest BCUT2D eigenvalue weighted by atomic mass is 35.5. The van der Waals surface area contributed by atoms with Gasteiger partial charge in [-0.2, -0.15) is 0 Å². The Morgan fingerprint density at radius 1 is 0.861 bits per heavy atom. The summed E-state index contributed by atoms with van der Waals surface area (Å²) >= 11 is 6.11. The first-order chi connectivity index (χ1) is 17.1. The molecule has 0 aliphatic heterocycles. The van der Waals surface area contributed by atoms with Crippen LogP contribution in [0.2, 0.25) is 5.02 Å². The quantitative estimate of drug-likeness (QED) is 0.412. The van der Waals surface area contributed by atoms with Crippen LogP contribution in [0.5, 0.6) is 0 Å². The highest BCUT2D eigenvalue weighted by molar-refractivity contribution is 6.30. The van der Waals surface area contributed by atoms with E-state index in [1.807, 2.05) is 38.1 Å². The summed E-state index contributed by atoms with van der Waals surface area (Å²) in [5.74, 6) is -4.58. The first kappa shape index (κ1) is 25.6. The molecule has 186 valence electrons. The second kappa shape index (κ2) is 10.2. The first-order valence-electron chi connectivity index (χ1n) is 11.8. The molecule has 3 aromatic carbocycles. The summed E-state index contributed by atoms with van der Waals surface area (Å²) in [7, 11) is 0. The number of amides is 2. The molecule has 0 spiro atoms. The van der Waals surface area contributed by atoms with Gasteiger partial charge >= 0.3 is 0 Å². The summed E-state index contributed by atoms with van der Waals surface area (Å²) in [5.41, 5.74) is 1.79. The lowest BCUT2D eigenvalue weighted by atomic mass is 9.61. The number of anilines is 2. The van der Waals surface area contributed by atoms with E-state index in [4.69, 9.17) is 11.6 Å². The summed E-state index contributed by atoms with van der Waals surface area (Å²) in [6.07, 6.45) is -0.325. The summed E-state index contributed by atoms with van der Waals surface area (Å²) in [5, 5.41) is 17.7. The van der Waals surface area contributed by atoms with Crippen molar-refractivity contribution >= 4 is 40.6 Å². The number of hydrogen-bond donors (Lipinski definition) is 3. The number of aliphatic hydroxyl groups is 1. The van der Waals surface area contributed by atoms with E-state index < -0.39 is 41.0 Å². The van der Waals surface area contributed by atoms with Crippen LogP contribution >= 0.6 is 11.6 Å². The molecule has 1 aliphatic carbocycles. The highest BCUT2D eigenvalue weighted by Crippen LogP contribution is 2.47. The van der Waals surface area contributed by atoms with Crippen molar-refractivity contribution in [1.82, 2.24) is 0 Å². The summed E-state index contributed by atoms with van der Waals surface area (Å²) < 4.78 is 0. The molecule has 7 heteroatoms. The van der Waals surface area contributed by atoms with E-state index in [2.05, 4.69) is 10.6 Å². The van der Waals surface area contributed by atoms with Gasteiger partial charge in [0.1, 0.15) is 11.7 Å². The maximum absolute atomic E-state index is 13.7. The Bertz CT molecular complexity index is 1300. The molecule has 6 nitrogen and oxygen atoms in total. The Morgan fingerprint density at radius 3 is 1.89 bits per heavy atom. The van der Waals surface area contributed by atoms with Gasteiger partial charge in [-0.1, -0.05) is 60.1 Å². The van der Waals surface area contributed by atoms with Crippen molar-refractivity contribution in [3.05, 3.63) is 94.5 Å². The van der Waals surface area contributed by atoms with Crippen LogP contribution in [0.1, 0.15) is 36.0 Å². The van der Waals surface area contributed by atoms with Crippen molar-refractivity contribution < 1.29 is 19.5 Å². The number of benzene rings is 3. The Morgan fingerprint density at radius 2 is 1.36 bits per heavy atom. The number of aryl methyl sites for hydroxylation is 2. The fourth-order valence-electron chi connectivity index (χ4n) is 5.02. The zero-order valence-corrected chi connectivity index (χ0v) is 21.2. The van der Waals surface area contributed by atoms with Gasteiger partial charge in [0.05, 0.1) is 11.5 Å². The molecule has 1 aliphatic rings. The van der Waals surface area contributed by atoms with Gasteiger partial charge < -0.3 is 15.7 Å². The molecule has 2 amide bonds. The van der Waals surface area contributed by atoms with Gasteiger partial charge in [-0.05, 0) is 61.7 Å². The van der Waals surface area contributed by atoms with Crippen LogP contribution in [-0.2, 0) is 14.4 Å². The molecule has 0 saturated heterocycles. The number of rotatable bonds is 5. The van der Waals surface area contributed by atoms with Crippen LogP contribution in [0.15, 0.2) is 72.8 Å². The zero-order valence-electron chi connectivity index (χ0n) is 20.4. The average Bonchev–Trinajstić information content (AvgIpc) is 2.81. The molecule has 4 atom stereocenters. The molecule has 3 aromatic rings. The van der Waals surface area contributed by atoms with Gasteiger partial charge in [0.15, 0.2) is 0 Å². The smallest absolute Gasteiger partial charge is 0.235 e. The minimum atomic E-state index is -1.67. The van der Waals surface area contributed by atoms with Gasteiger partial charge in [-0.15, -0.1) is 0 Å². The number of carbonyl (C=O) groups is 3. The van der Waals surface area contributed by atoms with E-state index in [1.165, 1.54) is 6.92 Å². The van der Waals surface area contributed by atoms with Crippen LogP contribution in [0.3, 0.4) is 0 Å². The molecule has 3 N–H and O–H groups in total. The maximum atomic E-state index is 13.7. The van der Waals surface area contributed by atoms with E-state index in [0.29, 0.717) is 22.0 Å². The van der Waals surface area contributed by atoms with Gasteiger partial charge in [-0.25, -0.2) is 0 Å². The molecule has 0 bridgehead atoms. The Balaban J connectivity index is 1.78. The van der Waals surface area contributed by atoms with E-state index in [9.17, 15) is 19.5 Å². The summed E-state index contributed by atoms with van der Waals surface area (Å²) in [6.45, 7) is 5.21. The van der Waals surface area contributed by atoms with Gasteiger partial charge in [0.2, 0.25) is 11.8 Å². The number of carbonyl (C=O) groups excluding carboxylic acids is 3. The molecule has 1 fully saturated rings. The second-order valence-electron chi connectivity index (χ2n) is 9.64. The van der Waals surface area contributed by atoms with Gasteiger partial charge in [0, 0.05) is 28.7 Å². The molecule has 36 heavy (non-hydrogen) atoms. The van der Waals surface area contributed by atoms with Crippen LogP contribution in [0, 0.1) is 25.7 Å². The van der Waals surface area contributed by atoms with Crippen LogP contribution < -0.4 is 10.6 Å². The average molecular weight is 505 g/mol. The molecular formula is C29H29ClN2O4. The lowest BCUT2D eigenvalue weighted by Crippen LogP contribution is -2.56. The zero-order chi connectivity index (χ0) is 26.0. The predicted molar refractivity (Wildman–Crippen MR) is 141 cm³/mol. The third-order valence-electron chi connectivity index (χ3n) is 6.89. The largest absolute Gasteiger partial charge is 0.389 e. The Hall–Kier alpha value is -3.48. The molecule has 4 unspecified atom stereocenters. The minimum absolute atomic E-state index is 0.325. The molecular weight excluding hydrogens is 476 g/mol. The molecule has 0 heterocycles. The van der Waals surface area contributed by atoms with Crippen molar-refractivity contribution in [2.24, 2.45) is 11.8 Å². The number of Topliss-reactive ketones (excluding diaryl/α,β-unsaturated/α-hetero) is 1. The minimum Gasteiger partial charge on any atom is -0.389 e. The topological polar surface area (TPSA) is 95.5 Å². The lowest BCUT2D eigenvalue weighted by Gasteiger charge is -2.44. The van der Waals surface area contributed by atoms with E-state index in [-0.39, 0.29) is 6.42 Å². The van der Waals surface area contributed by atoms with Crippen molar-refractivity contribution in [2.75, 3.05) is 10.6 Å². The Labute approximate surface area is 215 Å². The normalized spacial score (nSPS) is 23.7. The fraction of sp³-hybridized carbons (Fsp3) is 0.276. The van der Waals surface area contributed by atoms with Crippen molar-refractivity contribution in [1.29, 1.82) is 0 Å². The van der Waals surface area contributed by atoms with Gasteiger partial charge in [0.25, 0.3) is 0 Å². The van der Waals surface area contributed by atoms with Crippen molar-refractivity contribution in [3.8, 4) is 0 Å². The number of nitrogens with one attached hydrogen (secondary N) is 2. The van der Waals surface area contributed by atoms with Crippen LogP contribution in [0.4, 0.5) is 11.4 Å². The highest BCUT2D eigenvalue weighted by Gasteiger charge is 2.55. The number of ketones is 1. The Kier molecular flexibility index (Phi) is 7.29. The lowest BCUT2D eigenvalue weighted by molar-refractivity contribution is -0.150.